The van der Waals surface area contributed by atoms with Crippen LogP contribution in [0.5, 0.6) is 0 Å². The molecule has 60 heavy (non-hydrogen) atoms. The predicted octanol–water partition coefficient (Wildman–Crippen LogP) is 6.31. The fourth-order valence-electron chi connectivity index (χ4n) is 7.52. The summed E-state index contributed by atoms with van der Waals surface area (Å²) in [6, 6.07) is 17.9. The number of aryl methyl sites for hydroxylation is 1. The number of unbranched alkanes of at least 4 members (excludes halogenated alkanes) is 1. The number of methoxy groups -OCH3 is 2. The zero-order valence-corrected chi connectivity index (χ0v) is 33.9. The number of fused-ring (bicyclic) bond motifs is 2. The number of alkyl carbamates (subject to hydrolysis) is 2. The molecule has 6 aromatic rings. The van der Waals surface area contributed by atoms with Crippen molar-refractivity contribution in [3.63, 3.8) is 0 Å². The van der Waals surface area contributed by atoms with E-state index in [0.717, 1.165) is 35.5 Å². The third-order valence-corrected chi connectivity index (χ3v) is 10.7. The van der Waals surface area contributed by atoms with Crippen LogP contribution in [-0.2, 0) is 25.5 Å². The summed E-state index contributed by atoms with van der Waals surface area (Å²) in [5.41, 5.74) is 4.38. The molecule has 3 aromatic carbocycles. The number of ether oxygens (including phenoxy) is 2. The van der Waals surface area contributed by atoms with E-state index in [1.54, 1.807) is 59.8 Å². The Morgan fingerprint density at radius 3 is 2.33 bits per heavy atom. The van der Waals surface area contributed by atoms with Crippen LogP contribution >= 0.6 is 0 Å². The average molecular weight is 817 g/mol. The molecule has 7 rings (SSSR count). The van der Waals surface area contributed by atoms with Gasteiger partial charge in [-0.1, -0.05) is 50.2 Å². The SMILES string of the molecule is COC(=O)N[C@H](C(=O)N1CCC[C@H]1c1ncc(-c2ccc3oc4cc(-c5cnc(CCCCNC(=O)[C@H](NC(=O)OC)c6ccccc6)[nH]5)ccc4c(=O)c3c2)[nH]1)C(C)C. The van der Waals surface area contributed by atoms with Gasteiger partial charge < -0.3 is 44.7 Å². The van der Waals surface area contributed by atoms with Gasteiger partial charge in [-0.05, 0) is 67.5 Å². The number of amides is 4. The second-order valence-corrected chi connectivity index (χ2v) is 15.1. The first kappa shape index (κ1) is 41.2. The molecule has 0 spiro atoms. The van der Waals surface area contributed by atoms with Crippen LogP contribution in [0.3, 0.4) is 0 Å². The molecule has 3 aromatic heterocycles. The van der Waals surface area contributed by atoms with E-state index in [-0.39, 0.29) is 29.2 Å². The summed E-state index contributed by atoms with van der Waals surface area (Å²) in [6.45, 7) is 4.70. The monoisotopic (exact) mass is 816 g/mol. The summed E-state index contributed by atoms with van der Waals surface area (Å²) >= 11 is 0. The number of hydrogen-bond acceptors (Lipinski definition) is 10. The van der Waals surface area contributed by atoms with Crippen LogP contribution in [0.25, 0.3) is 44.5 Å². The number of carbonyl (C=O) groups is 4. The fraction of sp³-hybridized carbons (Fsp3) is 0.341. The van der Waals surface area contributed by atoms with Gasteiger partial charge in [0.25, 0.3) is 0 Å². The number of imidazole rings is 2. The number of aromatic nitrogens is 4. The van der Waals surface area contributed by atoms with Crippen molar-refractivity contribution < 1.29 is 33.1 Å². The first-order valence-corrected chi connectivity index (χ1v) is 20.0. The molecule has 1 saturated heterocycles. The first-order valence-electron chi connectivity index (χ1n) is 20.0. The van der Waals surface area contributed by atoms with Gasteiger partial charge in [0, 0.05) is 30.6 Å². The van der Waals surface area contributed by atoms with Crippen molar-refractivity contribution in [2.75, 3.05) is 27.3 Å². The van der Waals surface area contributed by atoms with E-state index >= 15 is 0 Å². The summed E-state index contributed by atoms with van der Waals surface area (Å²) in [5.74, 6) is 0.744. The number of H-pyrrole nitrogens is 2. The van der Waals surface area contributed by atoms with Crippen LogP contribution in [0.15, 0.2) is 88.3 Å². The minimum atomic E-state index is -0.873. The summed E-state index contributed by atoms with van der Waals surface area (Å²) in [4.78, 5) is 81.8. The van der Waals surface area contributed by atoms with Gasteiger partial charge in [0.1, 0.15) is 34.9 Å². The van der Waals surface area contributed by atoms with Gasteiger partial charge in [0.2, 0.25) is 17.2 Å². The standard InChI is InChI=1S/C44H48N8O8/c1-25(2)37(50-43(56)58-3)42(55)52-20-10-13-33(52)40-47-24-32(49-40)27-16-18-34-30(21-27)39(53)29-17-15-28(22-35(29)60-34)31-23-46-36(48-31)14-8-9-19-45-41(54)38(51-44(57)59-4)26-11-6-5-7-12-26/h5-7,11-12,15-18,21-25,33,37-38H,8-10,13-14,19-20H2,1-4H3,(H,45,54)(H,46,48)(H,47,49)(H,50,56)(H,51,57)/t33-,37-,38+/m0/s1. The highest BCUT2D eigenvalue weighted by molar-refractivity contribution is 5.93. The quantitative estimate of drug-likeness (QED) is 0.0611. The van der Waals surface area contributed by atoms with Gasteiger partial charge in [-0.25, -0.2) is 19.6 Å². The summed E-state index contributed by atoms with van der Waals surface area (Å²) in [5, 5.41) is 9.01. The van der Waals surface area contributed by atoms with Crippen molar-refractivity contribution in [3.8, 4) is 22.5 Å². The molecule has 5 N–H and O–H groups in total. The maximum absolute atomic E-state index is 13.8. The van der Waals surface area contributed by atoms with Crippen molar-refractivity contribution in [2.45, 2.75) is 64.1 Å². The molecule has 0 bridgehead atoms. The zero-order valence-electron chi connectivity index (χ0n) is 33.9. The van der Waals surface area contributed by atoms with E-state index in [1.165, 1.54) is 14.2 Å². The molecular weight excluding hydrogens is 769 g/mol. The molecule has 4 amide bonds. The van der Waals surface area contributed by atoms with Gasteiger partial charge in [0.05, 0.1) is 54.8 Å². The third kappa shape index (κ3) is 9.02. The Hall–Kier alpha value is -6.97. The molecule has 4 heterocycles. The second kappa shape index (κ2) is 18.3. The lowest BCUT2D eigenvalue weighted by Gasteiger charge is -2.30. The number of nitrogens with one attached hydrogen (secondary N) is 5. The lowest BCUT2D eigenvalue weighted by atomic mass is 10.0. The Morgan fingerprint density at radius 2 is 1.57 bits per heavy atom. The number of aromatic amines is 2. The average Bonchev–Trinajstić information content (AvgIpc) is 4.06. The molecule has 1 aliphatic rings. The largest absolute Gasteiger partial charge is 0.456 e. The topological polar surface area (TPSA) is 214 Å². The molecule has 1 fully saturated rings. The zero-order chi connectivity index (χ0) is 42.3. The highest BCUT2D eigenvalue weighted by Gasteiger charge is 2.37. The number of nitrogens with zero attached hydrogens (tertiary/aromatic N) is 3. The number of hydrogen-bond donors (Lipinski definition) is 5. The Kier molecular flexibility index (Phi) is 12.6. The van der Waals surface area contributed by atoms with E-state index in [4.69, 9.17) is 13.9 Å². The highest BCUT2D eigenvalue weighted by atomic mass is 16.5. The van der Waals surface area contributed by atoms with Gasteiger partial charge in [0.15, 0.2) is 0 Å². The van der Waals surface area contributed by atoms with Crippen LogP contribution in [0.2, 0.25) is 0 Å². The van der Waals surface area contributed by atoms with E-state index in [2.05, 4.69) is 35.9 Å². The van der Waals surface area contributed by atoms with Crippen molar-refractivity contribution in [2.24, 2.45) is 5.92 Å². The number of benzene rings is 3. The van der Waals surface area contributed by atoms with E-state index in [9.17, 15) is 24.0 Å². The van der Waals surface area contributed by atoms with Crippen molar-refractivity contribution in [3.05, 3.63) is 107 Å². The van der Waals surface area contributed by atoms with Gasteiger partial charge in [-0.3, -0.25) is 14.4 Å². The van der Waals surface area contributed by atoms with Gasteiger partial charge in [-0.2, -0.15) is 0 Å². The second-order valence-electron chi connectivity index (χ2n) is 15.1. The molecule has 1 aliphatic heterocycles. The summed E-state index contributed by atoms with van der Waals surface area (Å²) in [6.07, 6.45) is 5.70. The van der Waals surface area contributed by atoms with Crippen molar-refractivity contribution in [1.29, 1.82) is 0 Å². The minimum absolute atomic E-state index is 0.146. The minimum Gasteiger partial charge on any atom is -0.456 e. The van der Waals surface area contributed by atoms with Crippen LogP contribution in [0.4, 0.5) is 9.59 Å². The smallest absolute Gasteiger partial charge is 0.407 e. The number of carbonyl (C=O) groups excluding carboxylic acids is 4. The lowest BCUT2D eigenvalue weighted by molar-refractivity contribution is -0.135. The van der Waals surface area contributed by atoms with Crippen LogP contribution in [-0.4, -0.2) is 82.2 Å². The van der Waals surface area contributed by atoms with Crippen LogP contribution in [0, 0.1) is 5.92 Å². The maximum atomic E-state index is 13.8. The van der Waals surface area contributed by atoms with E-state index in [0.29, 0.717) is 71.4 Å². The summed E-state index contributed by atoms with van der Waals surface area (Å²) in [7, 11) is 2.52. The highest BCUT2D eigenvalue weighted by Crippen LogP contribution is 2.34. The lowest BCUT2D eigenvalue weighted by Crippen LogP contribution is -2.51. The Bertz CT molecular complexity index is 2560. The molecule has 0 unspecified atom stereocenters. The third-order valence-electron chi connectivity index (χ3n) is 10.7. The Morgan fingerprint density at radius 1 is 0.850 bits per heavy atom. The molecule has 0 saturated carbocycles. The number of likely N-dealkylation sites (tertiary alicyclic amines) is 1. The molecule has 0 radical (unpaired) electrons. The molecule has 312 valence electrons. The van der Waals surface area contributed by atoms with E-state index < -0.39 is 24.3 Å². The number of rotatable bonds is 14. The van der Waals surface area contributed by atoms with Crippen LogP contribution < -0.4 is 21.4 Å². The van der Waals surface area contributed by atoms with Crippen LogP contribution in [0.1, 0.15) is 68.8 Å². The van der Waals surface area contributed by atoms with Gasteiger partial charge >= 0.3 is 12.2 Å². The van der Waals surface area contributed by atoms with Gasteiger partial charge in [-0.15, -0.1) is 0 Å². The Labute approximate surface area is 345 Å². The normalized spacial score (nSPS) is 14.9. The first-order chi connectivity index (χ1) is 29.0. The van der Waals surface area contributed by atoms with Crippen molar-refractivity contribution >= 4 is 45.9 Å². The predicted molar refractivity (Wildman–Crippen MR) is 224 cm³/mol. The van der Waals surface area contributed by atoms with E-state index in [1.807, 2.05) is 38.1 Å². The summed E-state index contributed by atoms with van der Waals surface area (Å²) < 4.78 is 15.7. The molecule has 16 nitrogen and oxygen atoms in total. The maximum Gasteiger partial charge on any atom is 0.407 e. The van der Waals surface area contributed by atoms with Crippen molar-refractivity contribution in [1.82, 2.24) is 40.8 Å². The Balaban J connectivity index is 0.989. The fourth-order valence-corrected chi connectivity index (χ4v) is 7.52. The molecule has 3 atom stereocenters. The molecule has 0 aliphatic carbocycles. The molecular formula is C44H48N8O8. The molecule has 16 heteroatoms.